The van der Waals surface area contributed by atoms with Crippen molar-refractivity contribution in [3.05, 3.63) is 28.0 Å². The molecule has 1 rings (SSSR count). The smallest absolute Gasteiger partial charge is 0.323 e. The zero-order chi connectivity index (χ0) is 14.4. The molecule has 4 nitrogen and oxygen atoms in total. The number of hydrogen-bond acceptors (Lipinski definition) is 4. The van der Waals surface area contributed by atoms with Crippen molar-refractivity contribution in [2.24, 2.45) is 11.7 Å². The van der Waals surface area contributed by atoms with Crippen LogP contribution in [0.1, 0.15) is 32.3 Å². The summed E-state index contributed by atoms with van der Waals surface area (Å²) in [5.74, 6) is -0.269. The number of carbonyl (C=O) groups excluding carboxylic acids is 1. The first-order valence-electron chi connectivity index (χ1n) is 6.22. The minimum absolute atomic E-state index is 0. The van der Waals surface area contributed by atoms with Crippen LogP contribution in [0.15, 0.2) is 12.1 Å². The fourth-order valence-electron chi connectivity index (χ4n) is 1.84. The summed E-state index contributed by atoms with van der Waals surface area (Å²) < 4.78 is 5.18. The highest BCUT2D eigenvalue weighted by molar-refractivity contribution is 6.32. The van der Waals surface area contributed by atoms with Gasteiger partial charge in [-0.1, -0.05) is 49.9 Å². The lowest BCUT2D eigenvalue weighted by atomic mass is 9.95. The molecule has 0 saturated heterocycles. The zero-order valence-electron chi connectivity index (χ0n) is 11.4. The van der Waals surface area contributed by atoms with Gasteiger partial charge in [0.15, 0.2) is 0 Å². The molecule has 1 aromatic rings. The van der Waals surface area contributed by atoms with E-state index in [1.54, 1.807) is 12.1 Å². The van der Waals surface area contributed by atoms with Crippen LogP contribution >= 0.6 is 35.6 Å². The minimum atomic E-state index is -0.595. The van der Waals surface area contributed by atoms with Crippen molar-refractivity contribution in [2.45, 2.75) is 39.3 Å². The highest BCUT2D eigenvalue weighted by atomic mass is 35.5. The Morgan fingerprint density at radius 3 is 2.25 bits per heavy atom. The van der Waals surface area contributed by atoms with E-state index in [4.69, 9.17) is 33.7 Å². The number of carbonyl (C=O) groups is 1. The maximum Gasteiger partial charge on any atom is 0.323 e. The van der Waals surface area contributed by atoms with Gasteiger partial charge in [-0.3, -0.25) is 4.79 Å². The van der Waals surface area contributed by atoms with Crippen molar-refractivity contribution in [3.8, 4) is 0 Å². The van der Waals surface area contributed by atoms with Gasteiger partial charge in [-0.05, 0) is 23.6 Å². The van der Waals surface area contributed by atoms with Crippen molar-refractivity contribution in [2.75, 3.05) is 0 Å². The highest BCUT2D eigenvalue weighted by Crippen LogP contribution is 2.17. The van der Waals surface area contributed by atoms with E-state index in [0.29, 0.717) is 5.56 Å². The standard InChI is InChI=1S/C13H18Cl2N2O2.ClH/c1-3-9(4-2)12(16)13(18)19-7-8-5-10(14)17-11(15)6-8;/h5-6,9,12H,3-4,7,16H2,1-2H3;1H/t12-;/m0./s1. The Morgan fingerprint density at radius 1 is 1.30 bits per heavy atom. The van der Waals surface area contributed by atoms with Crippen LogP contribution in [0, 0.1) is 5.92 Å². The lowest BCUT2D eigenvalue weighted by Crippen LogP contribution is -2.38. The Labute approximate surface area is 135 Å². The summed E-state index contributed by atoms with van der Waals surface area (Å²) in [6.07, 6.45) is 1.69. The Bertz CT molecular complexity index is 419. The summed E-state index contributed by atoms with van der Waals surface area (Å²) in [5, 5.41) is 0.533. The van der Waals surface area contributed by atoms with E-state index in [9.17, 15) is 4.79 Å². The van der Waals surface area contributed by atoms with E-state index in [1.807, 2.05) is 13.8 Å². The largest absolute Gasteiger partial charge is 0.460 e. The average Bonchev–Trinajstić information content (AvgIpc) is 2.36. The monoisotopic (exact) mass is 340 g/mol. The van der Waals surface area contributed by atoms with Gasteiger partial charge in [0.1, 0.15) is 23.0 Å². The molecule has 1 aromatic heterocycles. The van der Waals surface area contributed by atoms with E-state index in [0.717, 1.165) is 12.8 Å². The van der Waals surface area contributed by atoms with Gasteiger partial charge < -0.3 is 10.5 Å². The topological polar surface area (TPSA) is 65.2 Å². The summed E-state index contributed by atoms with van der Waals surface area (Å²) in [6.45, 7) is 4.10. The van der Waals surface area contributed by atoms with E-state index < -0.39 is 12.0 Å². The maximum absolute atomic E-state index is 11.8. The quantitative estimate of drug-likeness (QED) is 0.634. The SMILES string of the molecule is CCC(CC)[C@H](N)C(=O)OCc1cc(Cl)nc(Cl)c1.Cl. The van der Waals surface area contributed by atoms with Crippen LogP contribution in [-0.2, 0) is 16.1 Å². The lowest BCUT2D eigenvalue weighted by Gasteiger charge is -2.19. The molecule has 0 spiro atoms. The zero-order valence-corrected chi connectivity index (χ0v) is 13.8. The molecule has 0 aliphatic heterocycles. The first-order valence-corrected chi connectivity index (χ1v) is 6.97. The molecular formula is C13H19Cl3N2O2. The number of pyridine rings is 1. The second-order valence-electron chi connectivity index (χ2n) is 4.33. The molecule has 0 saturated carbocycles. The first-order chi connectivity index (χ1) is 8.97. The normalized spacial score (nSPS) is 11.9. The summed E-state index contributed by atoms with van der Waals surface area (Å²) in [5.41, 5.74) is 6.56. The fourth-order valence-corrected chi connectivity index (χ4v) is 2.34. The van der Waals surface area contributed by atoms with Gasteiger partial charge in [0.25, 0.3) is 0 Å². The fraction of sp³-hybridized carbons (Fsp3) is 0.538. The number of ether oxygens (including phenoxy) is 1. The van der Waals surface area contributed by atoms with Crippen LogP contribution < -0.4 is 5.73 Å². The molecular weight excluding hydrogens is 323 g/mol. The number of nitrogens with zero attached hydrogens (tertiary/aromatic N) is 1. The molecule has 0 unspecified atom stereocenters. The van der Waals surface area contributed by atoms with Gasteiger partial charge in [-0.15, -0.1) is 12.4 Å². The third-order valence-corrected chi connectivity index (χ3v) is 3.42. The number of aromatic nitrogens is 1. The first kappa shape index (κ1) is 19.4. The molecule has 20 heavy (non-hydrogen) atoms. The molecule has 2 N–H and O–H groups in total. The molecule has 0 aliphatic carbocycles. The van der Waals surface area contributed by atoms with Gasteiger partial charge in [-0.25, -0.2) is 4.98 Å². The van der Waals surface area contributed by atoms with E-state index in [2.05, 4.69) is 4.98 Å². The van der Waals surface area contributed by atoms with Crippen LogP contribution in [-0.4, -0.2) is 17.0 Å². The third kappa shape index (κ3) is 5.83. The number of halogens is 3. The number of rotatable bonds is 6. The minimum Gasteiger partial charge on any atom is -0.460 e. The van der Waals surface area contributed by atoms with Crippen molar-refractivity contribution in [1.29, 1.82) is 0 Å². The molecule has 0 bridgehead atoms. The van der Waals surface area contributed by atoms with Crippen LogP contribution in [0.25, 0.3) is 0 Å². The molecule has 0 radical (unpaired) electrons. The molecule has 114 valence electrons. The van der Waals surface area contributed by atoms with Gasteiger partial charge in [0.2, 0.25) is 0 Å². The third-order valence-electron chi connectivity index (χ3n) is 3.03. The molecule has 0 aromatic carbocycles. The highest BCUT2D eigenvalue weighted by Gasteiger charge is 2.23. The summed E-state index contributed by atoms with van der Waals surface area (Å²) in [6, 6.07) is 2.61. The Balaban J connectivity index is 0.00000361. The Hall–Kier alpha value is -0.550. The Kier molecular flexibility index (Phi) is 9.14. The van der Waals surface area contributed by atoms with Gasteiger partial charge in [0.05, 0.1) is 0 Å². The number of hydrogen-bond donors (Lipinski definition) is 1. The molecule has 7 heteroatoms. The van der Waals surface area contributed by atoms with Crippen LogP contribution in [0.2, 0.25) is 10.3 Å². The molecule has 1 heterocycles. The van der Waals surface area contributed by atoms with Crippen molar-refractivity contribution in [3.63, 3.8) is 0 Å². The van der Waals surface area contributed by atoms with Crippen molar-refractivity contribution >= 4 is 41.6 Å². The number of esters is 1. The summed E-state index contributed by atoms with van der Waals surface area (Å²) >= 11 is 11.5. The molecule has 0 fully saturated rings. The summed E-state index contributed by atoms with van der Waals surface area (Å²) in [4.78, 5) is 15.6. The molecule has 1 atom stereocenters. The van der Waals surface area contributed by atoms with Gasteiger partial charge >= 0.3 is 5.97 Å². The van der Waals surface area contributed by atoms with Crippen molar-refractivity contribution in [1.82, 2.24) is 4.98 Å². The Morgan fingerprint density at radius 2 is 1.80 bits per heavy atom. The van der Waals surface area contributed by atoms with E-state index in [1.165, 1.54) is 0 Å². The predicted molar refractivity (Wildman–Crippen MR) is 83.3 cm³/mol. The van der Waals surface area contributed by atoms with Crippen LogP contribution in [0.3, 0.4) is 0 Å². The predicted octanol–water partition coefficient (Wildman–Crippen LogP) is 3.62. The lowest BCUT2D eigenvalue weighted by molar-refractivity contribution is -0.148. The molecule has 0 amide bonds. The second kappa shape index (κ2) is 9.40. The van der Waals surface area contributed by atoms with E-state index >= 15 is 0 Å². The van der Waals surface area contributed by atoms with Crippen LogP contribution in [0.5, 0.6) is 0 Å². The van der Waals surface area contributed by atoms with E-state index in [-0.39, 0.29) is 35.2 Å². The maximum atomic E-state index is 11.8. The molecule has 0 aliphatic rings. The average molecular weight is 342 g/mol. The summed E-state index contributed by atoms with van der Waals surface area (Å²) in [7, 11) is 0. The second-order valence-corrected chi connectivity index (χ2v) is 5.11. The van der Waals surface area contributed by atoms with Crippen molar-refractivity contribution < 1.29 is 9.53 Å². The number of nitrogens with two attached hydrogens (primary N) is 1. The van der Waals surface area contributed by atoms with Crippen LogP contribution in [0.4, 0.5) is 0 Å². The van der Waals surface area contributed by atoms with Gasteiger partial charge in [-0.2, -0.15) is 0 Å². The van der Waals surface area contributed by atoms with Gasteiger partial charge in [0, 0.05) is 0 Å².